The highest BCUT2D eigenvalue weighted by molar-refractivity contribution is 6.10. The molecule has 0 atom stereocenters. The van der Waals surface area contributed by atoms with Gasteiger partial charge in [-0.1, -0.05) is 48.5 Å². The maximum Gasteiger partial charge on any atom is 0.340 e. The number of esters is 1. The summed E-state index contributed by atoms with van der Waals surface area (Å²) >= 11 is 0. The van der Waals surface area contributed by atoms with Crippen molar-refractivity contribution in [2.24, 2.45) is 23.5 Å². The predicted octanol–water partition coefficient (Wildman–Crippen LogP) is 5.52. The molecular weight excluding hydrogens is 436 g/mol. The van der Waals surface area contributed by atoms with E-state index in [9.17, 15) is 4.79 Å². The van der Waals surface area contributed by atoms with Crippen molar-refractivity contribution in [2.45, 2.75) is 32.7 Å². The average Bonchev–Trinajstić information content (AvgIpc) is 3.48. The van der Waals surface area contributed by atoms with Crippen LogP contribution in [0.2, 0.25) is 0 Å². The van der Waals surface area contributed by atoms with Crippen LogP contribution in [0.25, 0.3) is 38.4 Å². The summed E-state index contributed by atoms with van der Waals surface area (Å²) in [4.78, 5) is 17.3. The number of hydrogen-bond donors (Lipinski definition) is 2. The zero-order chi connectivity index (χ0) is 24.5. The Bertz CT molecular complexity index is 1500. The van der Waals surface area contributed by atoms with Gasteiger partial charge in [-0.25, -0.2) is 9.79 Å². The van der Waals surface area contributed by atoms with Crippen molar-refractivity contribution in [1.29, 1.82) is 0 Å². The number of nitrogens with zero attached hydrogens (tertiary/aromatic N) is 2. The molecule has 178 valence electrons. The molecule has 1 aliphatic carbocycles. The van der Waals surface area contributed by atoms with Crippen LogP contribution in [0.3, 0.4) is 0 Å². The third kappa shape index (κ3) is 4.05. The van der Waals surface area contributed by atoms with Gasteiger partial charge in [-0.2, -0.15) is 0 Å². The fourth-order valence-electron chi connectivity index (χ4n) is 5.18. The molecule has 0 spiro atoms. The molecule has 0 amide bonds. The Morgan fingerprint density at radius 2 is 1.83 bits per heavy atom. The molecule has 3 aromatic carbocycles. The quantitative estimate of drug-likeness (QED) is 0.222. The van der Waals surface area contributed by atoms with Crippen LogP contribution in [-0.2, 0) is 18.3 Å². The summed E-state index contributed by atoms with van der Waals surface area (Å²) in [6.45, 7) is 2.30. The van der Waals surface area contributed by atoms with Crippen LogP contribution in [0.1, 0.15) is 47.8 Å². The fourth-order valence-corrected chi connectivity index (χ4v) is 5.18. The van der Waals surface area contributed by atoms with Gasteiger partial charge >= 0.3 is 5.97 Å². The van der Waals surface area contributed by atoms with Crippen LogP contribution in [0.15, 0.2) is 65.7 Å². The van der Waals surface area contributed by atoms with Crippen molar-refractivity contribution in [3.63, 3.8) is 0 Å². The number of carbonyl (C=O) groups is 1. The van der Waals surface area contributed by atoms with Crippen molar-refractivity contribution in [3.05, 3.63) is 77.5 Å². The van der Waals surface area contributed by atoms with Gasteiger partial charge in [-0.05, 0) is 71.4 Å². The highest BCUT2D eigenvalue weighted by Gasteiger charge is 2.25. The van der Waals surface area contributed by atoms with E-state index >= 15 is 0 Å². The molecule has 0 saturated heterocycles. The molecule has 4 N–H and O–H groups in total. The lowest BCUT2D eigenvalue weighted by Crippen LogP contribution is -2.23. The van der Waals surface area contributed by atoms with Crippen LogP contribution in [0.5, 0.6) is 0 Å². The molecule has 6 nitrogen and oxygen atoms in total. The van der Waals surface area contributed by atoms with Crippen LogP contribution in [-0.4, -0.2) is 23.1 Å². The summed E-state index contributed by atoms with van der Waals surface area (Å²) in [5.41, 5.74) is 18.3. The van der Waals surface area contributed by atoms with E-state index < -0.39 is 0 Å². The normalized spacial score (nSPS) is 13.3. The van der Waals surface area contributed by atoms with E-state index in [0.717, 1.165) is 47.0 Å². The second-order valence-electron chi connectivity index (χ2n) is 8.91. The van der Waals surface area contributed by atoms with Gasteiger partial charge in [0.25, 0.3) is 0 Å². The minimum Gasteiger partial charge on any atom is -0.462 e. The largest absolute Gasteiger partial charge is 0.462 e. The second kappa shape index (κ2) is 9.29. The number of ether oxygens (including phenoxy) is 1. The van der Waals surface area contributed by atoms with Gasteiger partial charge in [-0.3, -0.25) is 0 Å². The number of carbonyl (C=O) groups excluding carboxylic acids is 1. The smallest absolute Gasteiger partial charge is 0.340 e. The standard InChI is InChI=1S/C29H30N4O2/c1-3-35-28(34)27-24-15-22(19-10-4-5-11-19)23(16-25(24)33(2)26(27)17-32-29(30)31)21-14-8-12-18-9-6-7-13-20(18)21/h6-10,12-16H,3-5,11,17H2,1-2H3,(H4,30,31,32). The Kier molecular flexibility index (Phi) is 6.03. The minimum absolute atomic E-state index is 0.0155. The van der Waals surface area contributed by atoms with Crippen molar-refractivity contribution in [2.75, 3.05) is 6.61 Å². The highest BCUT2D eigenvalue weighted by atomic mass is 16.5. The van der Waals surface area contributed by atoms with Crippen LogP contribution in [0.4, 0.5) is 0 Å². The van der Waals surface area contributed by atoms with E-state index in [2.05, 4.69) is 65.7 Å². The van der Waals surface area contributed by atoms with Gasteiger partial charge in [0, 0.05) is 18.0 Å². The summed E-state index contributed by atoms with van der Waals surface area (Å²) in [7, 11) is 1.95. The van der Waals surface area contributed by atoms with Crippen LogP contribution >= 0.6 is 0 Å². The number of aliphatic imine (C=N–C) groups is 1. The maximum atomic E-state index is 13.1. The zero-order valence-electron chi connectivity index (χ0n) is 20.2. The second-order valence-corrected chi connectivity index (χ2v) is 8.91. The number of aryl methyl sites for hydroxylation is 1. The lowest BCUT2D eigenvalue weighted by Gasteiger charge is -2.15. The first kappa shape index (κ1) is 22.7. The third-order valence-electron chi connectivity index (χ3n) is 6.82. The molecule has 0 radical (unpaired) electrons. The number of rotatable bonds is 6. The molecule has 0 saturated carbocycles. The number of aromatic nitrogens is 1. The van der Waals surface area contributed by atoms with Crippen LogP contribution in [0, 0.1) is 0 Å². The van der Waals surface area contributed by atoms with Gasteiger partial charge in [0.15, 0.2) is 5.96 Å². The van der Waals surface area contributed by atoms with Gasteiger partial charge < -0.3 is 20.8 Å². The lowest BCUT2D eigenvalue weighted by molar-refractivity contribution is 0.0527. The minimum atomic E-state index is -0.358. The molecule has 1 aromatic heterocycles. The SMILES string of the molecule is CCOC(=O)c1c(CN=C(N)N)n(C)c2cc(-c3cccc4ccccc34)c(C3=CCCC3)cc12. The predicted molar refractivity (Wildman–Crippen MR) is 143 cm³/mol. The Balaban J connectivity index is 1.85. The van der Waals surface area contributed by atoms with E-state index in [-0.39, 0.29) is 18.5 Å². The summed E-state index contributed by atoms with van der Waals surface area (Å²) in [6.07, 6.45) is 5.55. The molecule has 0 unspecified atom stereocenters. The topological polar surface area (TPSA) is 95.6 Å². The molecule has 0 fully saturated rings. The third-order valence-corrected chi connectivity index (χ3v) is 6.82. The lowest BCUT2D eigenvalue weighted by atomic mass is 9.89. The number of fused-ring (bicyclic) bond motifs is 2. The van der Waals surface area contributed by atoms with Crippen molar-refractivity contribution < 1.29 is 9.53 Å². The monoisotopic (exact) mass is 466 g/mol. The number of guanidine groups is 1. The Hall–Kier alpha value is -4.06. The van der Waals surface area contributed by atoms with Crippen LogP contribution < -0.4 is 11.5 Å². The number of hydrogen-bond acceptors (Lipinski definition) is 3. The van der Waals surface area contributed by atoms with E-state index in [4.69, 9.17) is 16.2 Å². The maximum absolute atomic E-state index is 13.1. The number of nitrogens with two attached hydrogens (primary N) is 2. The first-order valence-corrected chi connectivity index (χ1v) is 12.0. The molecule has 1 heterocycles. The molecule has 35 heavy (non-hydrogen) atoms. The van der Waals surface area contributed by atoms with Gasteiger partial charge in [0.2, 0.25) is 0 Å². The number of allylic oxidation sites excluding steroid dienone is 2. The Labute approximate surface area is 204 Å². The first-order valence-electron chi connectivity index (χ1n) is 12.0. The summed E-state index contributed by atoms with van der Waals surface area (Å²) in [5.74, 6) is -0.374. The fraction of sp³-hybridized carbons (Fsp3) is 0.241. The van der Waals surface area contributed by atoms with Crippen molar-refractivity contribution in [1.82, 2.24) is 4.57 Å². The summed E-state index contributed by atoms with van der Waals surface area (Å²) in [6, 6.07) is 19.2. The highest BCUT2D eigenvalue weighted by Crippen LogP contribution is 2.41. The molecular formula is C29H30N4O2. The molecule has 6 heteroatoms. The summed E-state index contributed by atoms with van der Waals surface area (Å²) < 4.78 is 7.47. The van der Waals surface area contributed by atoms with E-state index in [1.54, 1.807) is 0 Å². The van der Waals surface area contributed by atoms with Crippen molar-refractivity contribution >= 4 is 39.2 Å². The van der Waals surface area contributed by atoms with E-state index in [1.165, 1.54) is 21.9 Å². The average molecular weight is 467 g/mol. The summed E-state index contributed by atoms with van der Waals surface area (Å²) in [5, 5.41) is 3.26. The first-order chi connectivity index (χ1) is 17.0. The number of benzene rings is 3. The van der Waals surface area contributed by atoms with Gasteiger partial charge in [-0.15, -0.1) is 0 Å². The molecule has 5 rings (SSSR count). The zero-order valence-corrected chi connectivity index (χ0v) is 20.2. The molecule has 0 bridgehead atoms. The van der Waals surface area contributed by atoms with Gasteiger partial charge in [0.1, 0.15) is 0 Å². The Morgan fingerprint density at radius 1 is 1.03 bits per heavy atom. The van der Waals surface area contributed by atoms with E-state index in [0.29, 0.717) is 12.2 Å². The van der Waals surface area contributed by atoms with Crippen molar-refractivity contribution in [3.8, 4) is 11.1 Å². The molecule has 0 aliphatic heterocycles. The van der Waals surface area contributed by atoms with E-state index in [1.807, 2.05) is 18.5 Å². The molecule has 4 aromatic rings. The molecule has 1 aliphatic rings. The van der Waals surface area contributed by atoms with Gasteiger partial charge in [0.05, 0.1) is 24.4 Å². The Morgan fingerprint density at radius 3 is 2.57 bits per heavy atom.